The molecule has 0 saturated heterocycles. The maximum Gasteiger partial charge on any atom is 0.259 e. The van der Waals surface area contributed by atoms with Crippen molar-refractivity contribution in [2.45, 2.75) is 6.10 Å². The Balaban J connectivity index is 1.73. The summed E-state index contributed by atoms with van der Waals surface area (Å²) in [5, 5.41) is 17.4. The number of thiazole rings is 1. The molecule has 1 unspecified atom stereocenters. The topological polar surface area (TPSA) is 74.2 Å². The molecular formula is C16H13F2N3O2S. The lowest BCUT2D eigenvalue weighted by Gasteiger charge is -2.11. The Morgan fingerprint density at radius 2 is 2.25 bits per heavy atom. The first-order valence-corrected chi connectivity index (χ1v) is 7.93. The number of dihydropyridines is 1. The highest BCUT2D eigenvalue weighted by atomic mass is 32.1. The molecule has 0 spiro atoms. The zero-order valence-electron chi connectivity index (χ0n) is 12.3. The van der Waals surface area contributed by atoms with E-state index in [2.05, 4.69) is 15.6 Å². The van der Waals surface area contributed by atoms with Crippen LogP contribution in [0, 0.1) is 11.6 Å². The molecule has 8 heteroatoms. The van der Waals surface area contributed by atoms with Gasteiger partial charge in [0.25, 0.3) is 5.91 Å². The number of aromatic nitrogens is 1. The van der Waals surface area contributed by atoms with Gasteiger partial charge in [-0.25, -0.2) is 13.8 Å². The van der Waals surface area contributed by atoms with Crippen molar-refractivity contribution in [1.29, 1.82) is 0 Å². The number of rotatable bonds is 4. The molecule has 24 heavy (non-hydrogen) atoms. The summed E-state index contributed by atoms with van der Waals surface area (Å²) in [7, 11) is 0. The van der Waals surface area contributed by atoms with Gasteiger partial charge in [-0.05, 0) is 18.3 Å². The zero-order chi connectivity index (χ0) is 17.1. The molecular weight excluding hydrogens is 336 g/mol. The summed E-state index contributed by atoms with van der Waals surface area (Å²) in [6.07, 6.45) is 3.76. The summed E-state index contributed by atoms with van der Waals surface area (Å²) in [6, 6.07) is 3.29. The molecule has 1 aliphatic heterocycles. The van der Waals surface area contributed by atoms with Gasteiger partial charge in [0.15, 0.2) is 22.9 Å². The molecule has 0 radical (unpaired) electrons. The first-order valence-electron chi connectivity index (χ1n) is 7.05. The molecule has 0 bridgehead atoms. The van der Waals surface area contributed by atoms with Crippen molar-refractivity contribution in [2.24, 2.45) is 0 Å². The van der Waals surface area contributed by atoms with Gasteiger partial charge >= 0.3 is 0 Å². The van der Waals surface area contributed by atoms with Gasteiger partial charge < -0.3 is 10.4 Å². The fraction of sp³-hybridized carbons (Fsp3) is 0.125. The van der Waals surface area contributed by atoms with E-state index in [4.69, 9.17) is 0 Å². The average molecular weight is 349 g/mol. The number of aliphatic hydroxyl groups excluding tert-OH is 1. The van der Waals surface area contributed by atoms with Crippen molar-refractivity contribution in [3.05, 3.63) is 64.8 Å². The largest absolute Gasteiger partial charge is 0.387 e. The number of aliphatic hydroxyl groups is 1. The number of carbonyl (C=O) groups is 1. The predicted molar refractivity (Wildman–Crippen MR) is 87.2 cm³/mol. The number of nitrogens with one attached hydrogen (secondary N) is 2. The van der Waals surface area contributed by atoms with Crippen LogP contribution < -0.4 is 10.6 Å². The minimum atomic E-state index is -1.83. The molecule has 2 aromatic rings. The number of amides is 1. The lowest BCUT2D eigenvalue weighted by molar-refractivity contribution is -0.124. The zero-order valence-corrected chi connectivity index (χ0v) is 13.1. The third-order valence-electron chi connectivity index (χ3n) is 3.38. The number of halogens is 2. The second-order valence-electron chi connectivity index (χ2n) is 4.97. The van der Waals surface area contributed by atoms with Gasteiger partial charge in [0, 0.05) is 23.1 Å². The van der Waals surface area contributed by atoms with Gasteiger partial charge in [-0.3, -0.25) is 10.1 Å². The molecule has 3 N–H and O–H groups in total. The van der Waals surface area contributed by atoms with E-state index < -0.39 is 29.2 Å². The number of hydrogen-bond acceptors (Lipinski definition) is 5. The van der Waals surface area contributed by atoms with Gasteiger partial charge in [0.05, 0.1) is 5.69 Å². The third-order valence-corrected chi connectivity index (χ3v) is 4.13. The van der Waals surface area contributed by atoms with Crippen LogP contribution in [0.3, 0.4) is 0 Å². The molecule has 1 aliphatic rings. The Bertz CT molecular complexity index is 832. The van der Waals surface area contributed by atoms with E-state index in [1.54, 1.807) is 11.6 Å². The van der Waals surface area contributed by atoms with Gasteiger partial charge in [0.2, 0.25) is 0 Å². The Morgan fingerprint density at radius 3 is 3.00 bits per heavy atom. The number of nitrogens with zero attached hydrogens (tertiary/aromatic N) is 1. The monoisotopic (exact) mass is 349 g/mol. The fourth-order valence-electron chi connectivity index (χ4n) is 2.15. The molecule has 124 valence electrons. The minimum Gasteiger partial charge on any atom is -0.387 e. The van der Waals surface area contributed by atoms with Crippen LogP contribution in [-0.2, 0) is 4.79 Å². The van der Waals surface area contributed by atoms with Crippen LogP contribution in [0.25, 0.3) is 5.57 Å². The van der Waals surface area contributed by atoms with Crippen molar-refractivity contribution < 1.29 is 18.7 Å². The fourth-order valence-corrected chi connectivity index (χ4v) is 2.88. The van der Waals surface area contributed by atoms with Crippen LogP contribution in [0.4, 0.5) is 13.9 Å². The predicted octanol–water partition coefficient (Wildman–Crippen LogP) is 2.59. The third kappa shape index (κ3) is 3.34. The molecule has 0 saturated carbocycles. The summed E-state index contributed by atoms with van der Waals surface area (Å²) in [4.78, 5) is 16.3. The Hall–Kier alpha value is -2.58. The van der Waals surface area contributed by atoms with E-state index in [0.29, 0.717) is 12.2 Å². The molecule has 3 rings (SSSR count). The number of carbonyl (C=O) groups excluding carboxylic acids is 1. The Morgan fingerprint density at radius 1 is 1.42 bits per heavy atom. The Kier molecular flexibility index (Phi) is 4.68. The quantitative estimate of drug-likeness (QED) is 0.793. The van der Waals surface area contributed by atoms with Crippen LogP contribution in [0.5, 0.6) is 0 Å². The van der Waals surface area contributed by atoms with E-state index in [0.717, 1.165) is 17.7 Å². The molecule has 1 aromatic carbocycles. The van der Waals surface area contributed by atoms with Crippen molar-refractivity contribution in [3.63, 3.8) is 0 Å². The molecule has 0 fully saturated rings. The smallest absolute Gasteiger partial charge is 0.259 e. The first kappa shape index (κ1) is 16.3. The summed E-state index contributed by atoms with van der Waals surface area (Å²) < 4.78 is 26.8. The van der Waals surface area contributed by atoms with Crippen molar-refractivity contribution in [3.8, 4) is 0 Å². The normalized spacial score (nSPS) is 14.7. The minimum absolute atomic E-state index is 0.263. The van der Waals surface area contributed by atoms with E-state index in [1.807, 2.05) is 12.2 Å². The van der Waals surface area contributed by atoms with Gasteiger partial charge in [0.1, 0.15) is 0 Å². The second kappa shape index (κ2) is 6.90. The number of hydrogen-bond donors (Lipinski definition) is 3. The van der Waals surface area contributed by atoms with Crippen LogP contribution >= 0.6 is 11.3 Å². The van der Waals surface area contributed by atoms with E-state index >= 15 is 0 Å². The summed E-state index contributed by atoms with van der Waals surface area (Å²) in [6.45, 7) is 0.683. The van der Waals surface area contributed by atoms with Crippen LogP contribution in [0.2, 0.25) is 0 Å². The van der Waals surface area contributed by atoms with Crippen LogP contribution in [0.15, 0.2) is 41.9 Å². The summed E-state index contributed by atoms with van der Waals surface area (Å²) >= 11 is 1.17. The molecule has 1 amide bonds. The van der Waals surface area contributed by atoms with Gasteiger partial charge in [-0.15, -0.1) is 11.3 Å². The maximum absolute atomic E-state index is 13.6. The molecule has 2 heterocycles. The molecule has 1 aromatic heterocycles. The SMILES string of the molecule is O=C(Nc1nc(C2=CCNC=C2)cs1)C(O)c1cccc(F)c1F. The molecule has 0 aliphatic carbocycles. The standard InChI is InChI=1S/C16H13F2N3O2S/c17-11-3-1-2-10(13(11)18)14(22)15(23)21-16-20-12(8-24-16)9-4-6-19-7-5-9/h1-6,8,14,19,22H,7H2,(H,20,21,23). The van der Waals surface area contributed by atoms with Crippen molar-refractivity contribution >= 4 is 27.9 Å². The number of allylic oxidation sites excluding steroid dienone is 2. The van der Waals surface area contributed by atoms with E-state index in [9.17, 15) is 18.7 Å². The highest BCUT2D eigenvalue weighted by Gasteiger charge is 2.23. The highest BCUT2D eigenvalue weighted by molar-refractivity contribution is 7.14. The lowest BCUT2D eigenvalue weighted by Crippen LogP contribution is -2.22. The number of anilines is 1. The molecule has 5 nitrogen and oxygen atoms in total. The van der Waals surface area contributed by atoms with E-state index in [1.165, 1.54) is 17.4 Å². The molecule has 1 atom stereocenters. The van der Waals surface area contributed by atoms with Crippen molar-refractivity contribution in [2.75, 3.05) is 11.9 Å². The Labute approximate surface area is 140 Å². The average Bonchev–Trinajstić information content (AvgIpc) is 3.06. The summed E-state index contributed by atoms with van der Waals surface area (Å²) in [5.74, 6) is -3.25. The van der Waals surface area contributed by atoms with E-state index in [-0.39, 0.29) is 5.13 Å². The van der Waals surface area contributed by atoms with Gasteiger partial charge in [-0.1, -0.05) is 18.2 Å². The highest BCUT2D eigenvalue weighted by Crippen LogP contribution is 2.25. The van der Waals surface area contributed by atoms with Crippen molar-refractivity contribution in [1.82, 2.24) is 10.3 Å². The number of benzene rings is 1. The summed E-state index contributed by atoms with van der Waals surface area (Å²) in [5.41, 5.74) is 1.16. The lowest BCUT2D eigenvalue weighted by atomic mass is 10.1. The van der Waals surface area contributed by atoms with Crippen LogP contribution in [-0.4, -0.2) is 22.5 Å². The van der Waals surface area contributed by atoms with Gasteiger partial charge in [-0.2, -0.15) is 0 Å². The maximum atomic E-state index is 13.6. The second-order valence-corrected chi connectivity index (χ2v) is 5.83. The first-order chi connectivity index (χ1) is 11.6. The van der Waals surface area contributed by atoms with Crippen LogP contribution in [0.1, 0.15) is 17.4 Å².